The molecule has 0 fully saturated rings. The summed E-state index contributed by atoms with van der Waals surface area (Å²) in [5.74, 6) is -0.332. The maximum atomic E-state index is 12.6. The van der Waals surface area contributed by atoms with Gasteiger partial charge in [0.25, 0.3) is 0 Å². The molecule has 0 radical (unpaired) electrons. The van der Waals surface area contributed by atoms with E-state index in [1.807, 2.05) is 0 Å². The molecular weight excluding hydrogens is 673 g/mol. The number of phosphoric ester groups is 1. The Labute approximate surface area is 321 Å². The van der Waals surface area contributed by atoms with Crippen LogP contribution in [-0.4, -0.2) is 49.9 Å². The van der Waals surface area contributed by atoms with E-state index >= 15 is 0 Å². The van der Waals surface area contributed by atoms with Crippen LogP contribution >= 0.6 is 7.82 Å². The topological polar surface area (TPSA) is 117 Å². The minimum atomic E-state index is -4.27. The molecule has 9 heteroatoms. The fraction of sp³-hybridized carbons (Fsp3) is 0.884. The van der Waals surface area contributed by atoms with Crippen molar-refractivity contribution in [1.82, 2.24) is 0 Å². The summed E-state index contributed by atoms with van der Waals surface area (Å²) in [4.78, 5) is 22.5. The van der Waals surface area contributed by atoms with Crippen molar-refractivity contribution in [3.05, 3.63) is 24.3 Å². The van der Waals surface area contributed by atoms with E-state index in [1.165, 1.54) is 148 Å². The number of carbonyl (C=O) groups is 1. The number of phosphoric acid groups is 1. The number of allylic oxidation sites excluding steroid dienone is 4. The van der Waals surface area contributed by atoms with Crippen LogP contribution in [0.25, 0.3) is 0 Å². The van der Waals surface area contributed by atoms with Crippen LogP contribution in [0.4, 0.5) is 0 Å². The summed E-state index contributed by atoms with van der Waals surface area (Å²) in [6.07, 6.45) is 44.7. The number of unbranched alkanes of at least 4 members (excludes halogenated alkanes) is 25. The Hall–Kier alpha value is -1.02. The lowest BCUT2D eigenvalue weighted by atomic mass is 10.0. The van der Waals surface area contributed by atoms with E-state index < -0.39 is 13.9 Å². The van der Waals surface area contributed by atoms with Gasteiger partial charge < -0.3 is 20.1 Å². The standard InChI is InChI=1S/C43H84NO7P/c1-3-5-7-9-11-13-15-17-19-20-21-22-23-24-26-28-30-32-34-36-43(45)51-42(41-50-52(46,47)49-39-37-44)40-48-38-35-33-31-29-27-25-18-16-14-12-10-8-6-4-2/h11,13,17,19,42H,3-10,12,14-16,18,20-41,44H2,1-2H3,(H,46,47)/b13-11-,19-17-/t42-/m1/s1. The first-order chi connectivity index (χ1) is 25.4. The molecule has 0 heterocycles. The second kappa shape index (κ2) is 41.1. The first-order valence-corrected chi connectivity index (χ1v) is 23.3. The summed E-state index contributed by atoms with van der Waals surface area (Å²) in [6, 6.07) is 0. The number of esters is 1. The fourth-order valence-corrected chi connectivity index (χ4v) is 6.91. The molecule has 0 saturated carbocycles. The molecule has 0 aromatic heterocycles. The van der Waals surface area contributed by atoms with Crippen molar-refractivity contribution in [2.24, 2.45) is 5.73 Å². The number of rotatable bonds is 42. The van der Waals surface area contributed by atoms with Gasteiger partial charge in [0.2, 0.25) is 0 Å². The second-order valence-corrected chi connectivity index (χ2v) is 16.0. The number of carbonyl (C=O) groups excluding carboxylic acids is 1. The quantitative estimate of drug-likeness (QED) is 0.0273. The normalized spacial score (nSPS) is 13.7. The van der Waals surface area contributed by atoms with Crippen molar-refractivity contribution < 1.29 is 32.8 Å². The molecule has 0 rings (SSSR count). The Morgan fingerprint density at radius 2 is 1.02 bits per heavy atom. The number of ether oxygens (including phenoxy) is 2. The van der Waals surface area contributed by atoms with Gasteiger partial charge in [-0.2, -0.15) is 0 Å². The van der Waals surface area contributed by atoms with Gasteiger partial charge in [-0.1, -0.05) is 179 Å². The van der Waals surface area contributed by atoms with Gasteiger partial charge in [-0.3, -0.25) is 13.8 Å². The number of nitrogens with two attached hydrogens (primary N) is 1. The van der Waals surface area contributed by atoms with E-state index in [-0.39, 0.29) is 32.3 Å². The van der Waals surface area contributed by atoms with Gasteiger partial charge in [-0.15, -0.1) is 0 Å². The average Bonchev–Trinajstić information content (AvgIpc) is 3.13. The van der Waals surface area contributed by atoms with Crippen molar-refractivity contribution in [3.8, 4) is 0 Å². The second-order valence-electron chi connectivity index (χ2n) is 14.6. The van der Waals surface area contributed by atoms with Crippen LogP contribution in [0.1, 0.15) is 206 Å². The van der Waals surface area contributed by atoms with E-state index in [0.29, 0.717) is 13.0 Å². The van der Waals surface area contributed by atoms with Crippen molar-refractivity contribution in [2.45, 2.75) is 213 Å². The van der Waals surface area contributed by atoms with Gasteiger partial charge in [0.05, 0.1) is 19.8 Å². The predicted octanol–water partition coefficient (Wildman–Crippen LogP) is 12.9. The van der Waals surface area contributed by atoms with E-state index in [9.17, 15) is 14.3 Å². The zero-order valence-corrected chi connectivity index (χ0v) is 35.0. The smallest absolute Gasteiger partial charge is 0.457 e. The summed E-state index contributed by atoms with van der Waals surface area (Å²) in [6.45, 7) is 4.92. The maximum Gasteiger partial charge on any atom is 0.472 e. The monoisotopic (exact) mass is 758 g/mol. The van der Waals surface area contributed by atoms with Gasteiger partial charge in [-0.25, -0.2) is 4.57 Å². The molecule has 0 bridgehead atoms. The largest absolute Gasteiger partial charge is 0.472 e. The van der Waals surface area contributed by atoms with Crippen LogP contribution < -0.4 is 5.73 Å². The number of hydrogen-bond acceptors (Lipinski definition) is 7. The zero-order chi connectivity index (χ0) is 38.1. The van der Waals surface area contributed by atoms with Crippen LogP contribution in [0.3, 0.4) is 0 Å². The van der Waals surface area contributed by atoms with Gasteiger partial charge in [0, 0.05) is 19.6 Å². The fourth-order valence-electron chi connectivity index (χ4n) is 6.14. The molecule has 0 aromatic rings. The minimum absolute atomic E-state index is 0.0942. The van der Waals surface area contributed by atoms with Crippen LogP contribution in [0.15, 0.2) is 24.3 Å². The molecule has 2 atom stereocenters. The third-order valence-electron chi connectivity index (χ3n) is 9.37. The molecule has 1 unspecified atom stereocenters. The van der Waals surface area contributed by atoms with E-state index in [2.05, 4.69) is 38.2 Å². The van der Waals surface area contributed by atoms with Crippen LogP contribution in [0.2, 0.25) is 0 Å². The maximum absolute atomic E-state index is 12.6. The SMILES string of the molecule is CCCCC/C=C\C/C=C\CCCCCCCCCCCC(=O)O[C@H](COCCCCCCCCCCCCCCCC)COP(=O)(O)OCCN. The summed E-state index contributed by atoms with van der Waals surface area (Å²) in [7, 11) is -4.27. The molecule has 0 spiro atoms. The van der Waals surface area contributed by atoms with Crippen molar-refractivity contribution in [3.63, 3.8) is 0 Å². The highest BCUT2D eigenvalue weighted by molar-refractivity contribution is 7.47. The molecule has 0 aromatic carbocycles. The molecule has 0 aliphatic rings. The van der Waals surface area contributed by atoms with Crippen molar-refractivity contribution >= 4 is 13.8 Å². The van der Waals surface area contributed by atoms with Gasteiger partial charge in [0.1, 0.15) is 6.10 Å². The molecular formula is C43H84NO7P. The van der Waals surface area contributed by atoms with Gasteiger partial charge in [0.15, 0.2) is 0 Å². The first-order valence-electron chi connectivity index (χ1n) is 21.8. The Bertz CT molecular complexity index is 853. The lowest BCUT2D eigenvalue weighted by Gasteiger charge is -2.20. The zero-order valence-electron chi connectivity index (χ0n) is 34.1. The van der Waals surface area contributed by atoms with Gasteiger partial charge >= 0.3 is 13.8 Å². The minimum Gasteiger partial charge on any atom is -0.457 e. The third kappa shape index (κ3) is 40.2. The lowest BCUT2D eigenvalue weighted by molar-refractivity contribution is -0.154. The summed E-state index contributed by atoms with van der Waals surface area (Å²) in [5, 5.41) is 0. The highest BCUT2D eigenvalue weighted by atomic mass is 31.2. The lowest BCUT2D eigenvalue weighted by Crippen LogP contribution is -2.28. The molecule has 0 aliphatic heterocycles. The predicted molar refractivity (Wildman–Crippen MR) is 220 cm³/mol. The molecule has 8 nitrogen and oxygen atoms in total. The van der Waals surface area contributed by atoms with E-state index in [4.69, 9.17) is 24.3 Å². The van der Waals surface area contributed by atoms with Crippen molar-refractivity contribution in [2.75, 3.05) is 33.0 Å². The highest BCUT2D eigenvalue weighted by Gasteiger charge is 2.25. The van der Waals surface area contributed by atoms with Crippen LogP contribution in [0, 0.1) is 0 Å². The Morgan fingerprint density at radius 1 is 0.577 bits per heavy atom. The molecule has 0 aliphatic carbocycles. The Morgan fingerprint density at radius 3 is 1.54 bits per heavy atom. The average molecular weight is 758 g/mol. The molecule has 0 saturated heterocycles. The van der Waals surface area contributed by atoms with Crippen molar-refractivity contribution in [1.29, 1.82) is 0 Å². The number of hydrogen-bond donors (Lipinski definition) is 2. The summed E-state index contributed by atoms with van der Waals surface area (Å²) in [5.41, 5.74) is 5.37. The Kier molecular flexibility index (Phi) is 40.3. The molecule has 0 amide bonds. The molecule has 52 heavy (non-hydrogen) atoms. The Balaban J connectivity index is 4.00. The molecule has 308 valence electrons. The molecule has 3 N–H and O–H groups in total. The van der Waals surface area contributed by atoms with Gasteiger partial charge in [-0.05, 0) is 44.9 Å². The summed E-state index contributed by atoms with van der Waals surface area (Å²) < 4.78 is 33.4. The highest BCUT2D eigenvalue weighted by Crippen LogP contribution is 2.43. The van der Waals surface area contributed by atoms with E-state index in [0.717, 1.165) is 38.5 Å². The first kappa shape index (κ1) is 51.0. The summed E-state index contributed by atoms with van der Waals surface area (Å²) >= 11 is 0. The van der Waals surface area contributed by atoms with E-state index in [1.54, 1.807) is 0 Å². The third-order valence-corrected chi connectivity index (χ3v) is 10.4. The van der Waals surface area contributed by atoms with Crippen LogP contribution in [-0.2, 0) is 27.9 Å². The van der Waals surface area contributed by atoms with Crippen LogP contribution in [0.5, 0.6) is 0 Å².